The molecule has 138 valence electrons. The van der Waals surface area contributed by atoms with Gasteiger partial charge in [0.1, 0.15) is 21.8 Å². The molecule has 0 bridgehead atoms. The Bertz CT molecular complexity index is 848. The molecule has 0 amide bonds. The number of nitrogens with zero attached hydrogens (tertiary/aromatic N) is 1. The lowest BCUT2D eigenvalue weighted by atomic mass is 10.3. The number of H-pyrrole nitrogens is 1. The van der Waals surface area contributed by atoms with Crippen molar-refractivity contribution in [1.82, 2.24) is 9.88 Å². The molecule has 0 fully saturated rings. The molecule has 0 radical (unpaired) electrons. The van der Waals surface area contributed by atoms with E-state index in [4.69, 9.17) is 16.1 Å². The Morgan fingerprint density at radius 2 is 2.00 bits per heavy atom. The summed E-state index contributed by atoms with van der Waals surface area (Å²) in [6.07, 6.45) is -3.75. The molecule has 0 aliphatic heterocycles. The quantitative estimate of drug-likeness (QED) is 0.725. The number of alkyl halides is 3. The highest BCUT2D eigenvalue weighted by molar-refractivity contribution is 7.89. The molecule has 3 N–H and O–H groups in total. The molecule has 0 saturated carbocycles. The summed E-state index contributed by atoms with van der Waals surface area (Å²) in [6, 6.07) is 0.772. The number of aryl methyl sites for hydroxylation is 2. The largest absolute Gasteiger partial charge is 0.419 e. The average molecular weight is 400 g/mol. The van der Waals surface area contributed by atoms with Crippen molar-refractivity contribution < 1.29 is 31.1 Å². The van der Waals surface area contributed by atoms with Crippen molar-refractivity contribution in [3.05, 3.63) is 34.3 Å². The maximum atomic E-state index is 12.5. The van der Waals surface area contributed by atoms with Crippen LogP contribution in [0.3, 0.4) is 0 Å². The standard InChI is InChI=1S/C13H14ClF3N4O3S/c1-7-11(8(2)24-21-7)25(22,23)20-4-3-18-12-10(14)5-9(6-19-12)13(15,16)17/h5-6,20H,3-4H2,1-2H3,(H,18,19)/p+1. The van der Waals surface area contributed by atoms with Gasteiger partial charge in [-0.15, -0.1) is 0 Å². The fourth-order valence-electron chi connectivity index (χ4n) is 2.07. The van der Waals surface area contributed by atoms with Gasteiger partial charge in [0, 0.05) is 6.54 Å². The highest BCUT2D eigenvalue weighted by Crippen LogP contribution is 2.31. The topological polar surface area (TPSA) is 98.4 Å². The molecule has 12 heteroatoms. The Morgan fingerprint density at radius 1 is 1.32 bits per heavy atom. The van der Waals surface area contributed by atoms with Gasteiger partial charge in [0.2, 0.25) is 10.0 Å². The molecule has 2 heterocycles. The molecule has 0 atom stereocenters. The van der Waals surface area contributed by atoms with Crippen molar-refractivity contribution in [2.75, 3.05) is 18.4 Å². The van der Waals surface area contributed by atoms with Gasteiger partial charge in [-0.2, -0.15) is 13.2 Å². The van der Waals surface area contributed by atoms with Crippen LogP contribution in [0, 0.1) is 13.8 Å². The first-order valence-corrected chi connectivity index (χ1v) is 8.83. The van der Waals surface area contributed by atoms with Crippen LogP contribution in [0.5, 0.6) is 0 Å². The fourth-order valence-corrected chi connectivity index (χ4v) is 3.67. The van der Waals surface area contributed by atoms with E-state index in [0.29, 0.717) is 0 Å². The zero-order valence-corrected chi connectivity index (χ0v) is 14.7. The van der Waals surface area contributed by atoms with Gasteiger partial charge in [0.05, 0.1) is 12.1 Å². The van der Waals surface area contributed by atoms with E-state index in [9.17, 15) is 21.6 Å². The van der Waals surface area contributed by atoms with Crippen molar-refractivity contribution in [1.29, 1.82) is 0 Å². The number of hydrogen-bond acceptors (Lipinski definition) is 5. The second-order valence-corrected chi connectivity index (χ2v) is 7.20. The third-order valence-corrected chi connectivity index (χ3v) is 5.18. The number of halogens is 4. The number of nitrogens with one attached hydrogen (secondary N) is 3. The number of hydrogen-bond donors (Lipinski definition) is 2. The zero-order chi connectivity index (χ0) is 18.8. The van der Waals surface area contributed by atoms with E-state index in [1.165, 1.54) is 13.8 Å². The van der Waals surface area contributed by atoms with Crippen LogP contribution in [0.15, 0.2) is 21.7 Å². The highest BCUT2D eigenvalue weighted by atomic mass is 35.5. The summed E-state index contributed by atoms with van der Waals surface area (Å²) in [5.74, 6) is 0.309. The number of rotatable bonds is 6. The van der Waals surface area contributed by atoms with Crippen LogP contribution in [0.25, 0.3) is 0 Å². The van der Waals surface area contributed by atoms with Gasteiger partial charge in [0.15, 0.2) is 5.76 Å². The van der Waals surface area contributed by atoms with Gasteiger partial charge in [-0.1, -0.05) is 16.8 Å². The van der Waals surface area contributed by atoms with E-state index < -0.39 is 21.8 Å². The van der Waals surface area contributed by atoms with Gasteiger partial charge < -0.3 is 4.52 Å². The smallest absolute Gasteiger partial charge is 0.360 e. The molecule has 25 heavy (non-hydrogen) atoms. The third kappa shape index (κ3) is 4.61. The summed E-state index contributed by atoms with van der Waals surface area (Å²) in [6.45, 7) is 3.03. The SMILES string of the molecule is Cc1noc(C)c1S(=O)(=O)NCCNc1[nH+]cc(C(F)(F)F)cc1Cl. The minimum atomic E-state index is -4.51. The Balaban J connectivity index is 1.96. The maximum Gasteiger partial charge on any atom is 0.419 e. The molecule has 0 saturated heterocycles. The first kappa shape index (κ1) is 19.5. The van der Waals surface area contributed by atoms with Crippen LogP contribution in [0.4, 0.5) is 19.0 Å². The molecule has 2 rings (SSSR count). The minimum absolute atomic E-state index is 0.0302. The molecular formula is C13H15ClF3N4O3S+. The number of sulfonamides is 1. The van der Waals surface area contributed by atoms with Crippen LogP contribution >= 0.6 is 11.6 Å². The maximum absolute atomic E-state index is 12.5. The molecule has 0 aromatic carbocycles. The second kappa shape index (κ2) is 7.18. The van der Waals surface area contributed by atoms with Gasteiger partial charge >= 0.3 is 6.18 Å². The molecule has 0 unspecified atom stereocenters. The Labute approximate surface area is 146 Å². The summed E-state index contributed by atoms with van der Waals surface area (Å²) in [7, 11) is -3.81. The van der Waals surface area contributed by atoms with E-state index in [-0.39, 0.29) is 40.3 Å². The Hall–Kier alpha value is -1.85. The molecular weight excluding hydrogens is 385 g/mol. The highest BCUT2D eigenvalue weighted by Gasteiger charge is 2.33. The van der Waals surface area contributed by atoms with E-state index in [1.54, 1.807) is 0 Å². The number of aromatic nitrogens is 2. The molecule has 2 aromatic heterocycles. The number of anilines is 1. The van der Waals surface area contributed by atoms with Gasteiger partial charge in [-0.3, -0.25) is 5.32 Å². The zero-order valence-electron chi connectivity index (χ0n) is 13.2. The van der Waals surface area contributed by atoms with Crippen molar-refractivity contribution in [3.8, 4) is 0 Å². The molecule has 0 spiro atoms. The average Bonchev–Trinajstić information content (AvgIpc) is 2.83. The number of pyridine rings is 1. The number of aromatic amines is 1. The summed E-state index contributed by atoms with van der Waals surface area (Å²) >= 11 is 5.77. The fraction of sp³-hybridized carbons (Fsp3) is 0.385. The normalized spacial score (nSPS) is 12.4. The summed E-state index contributed by atoms with van der Waals surface area (Å²) in [5.41, 5.74) is -0.681. The van der Waals surface area contributed by atoms with E-state index in [2.05, 4.69) is 20.2 Å². The Morgan fingerprint density at radius 3 is 2.52 bits per heavy atom. The van der Waals surface area contributed by atoms with E-state index >= 15 is 0 Å². The van der Waals surface area contributed by atoms with Crippen LogP contribution in [-0.4, -0.2) is 26.7 Å². The molecule has 7 nitrogen and oxygen atoms in total. The van der Waals surface area contributed by atoms with Gasteiger partial charge in [-0.25, -0.2) is 18.1 Å². The molecule has 0 aliphatic carbocycles. The van der Waals surface area contributed by atoms with Crippen LogP contribution < -0.4 is 15.0 Å². The first-order valence-electron chi connectivity index (χ1n) is 6.97. The van der Waals surface area contributed by atoms with Crippen molar-refractivity contribution in [2.24, 2.45) is 0 Å². The lowest BCUT2D eigenvalue weighted by Crippen LogP contribution is -2.30. The molecule has 2 aromatic rings. The monoisotopic (exact) mass is 399 g/mol. The summed E-state index contributed by atoms with van der Waals surface area (Å²) in [5, 5.41) is 6.13. The predicted molar refractivity (Wildman–Crippen MR) is 82.7 cm³/mol. The second-order valence-electron chi connectivity index (χ2n) is 5.09. The lowest BCUT2D eigenvalue weighted by Gasteiger charge is -2.07. The van der Waals surface area contributed by atoms with Crippen molar-refractivity contribution in [2.45, 2.75) is 24.9 Å². The lowest BCUT2D eigenvalue weighted by molar-refractivity contribution is -0.364. The molecule has 0 aliphatic rings. The Kier molecular flexibility index (Phi) is 5.59. The minimum Gasteiger partial charge on any atom is -0.360 e. The van der Waals surface area contributed by atoms with Crippen molar-refractivity contribution >= 4 is 27.4 Å². The third-order valence-electron chi connectivity index (χ3n) is 3.18. The first-order chi connectivity index (χ1) is 11.5. The van der Waals surface area contributed by atoms with E-state index in [0.717, 1.165) is 12.3 Å². The van der Waals surface area contributed by atoms with Crippen LogP contribution in [0.2, 0.25) is 5.02 Å². The van der Waals surface area contributed by atoms with E-state index in [1.807, 2.05) is 0 Å². The summed E-state index contributed by atoms with van der Waals surface area (Å²) in [4.78, 5) is 2.35. The van der Waals surface area contributed by atoms with Gasteiger partial charge in [-0.05, 0) is 19.9 Å². The van der Waals surface area contributed by atoms with Crippen LogP contribution in [-0.2, 0) is 16.2 Å². The van der Waals surface area contributed by atoms with Crippen LogP contribution in [0.1, 0.15) is 17.0 Å². The van der Waals surface area contributed by atoms with Gasteiger partial charge in [0.25, 0.3) is 5.82 Å². The van der Waals surface area contributed by atoms with Crippen molar-refractivity contribution in [3.63, 3.8) is 0 Å². The predicted octanol–water partition coefficient (Wildman–Crippen LogP) is 2.17. The summed E-state index contributed by atoms with van der Waals surface area (Å²) < 4.78 is 69.1.